The van der Waals surface area contributed by atoms with Crippen LogP contribution in [0.2, 0.25) is 19.6 Å². The summed E-state index contributed by atoms with van der Waals surface area (Å²) in [6.45, 7) is 6.52. The third-order valence-corrected chi connectivity index (χ3v) is 3.53. The van der Waals surface area contributed by atoms with Crippen LogP contribution in [0, 0.1) is 11.5 Å². The van der Waals surface area contributed by atoms with Crippen molar-refractivity contribution < 1.29 is 4.42 Å². The zero-order chi connectivity index (χ0) is 15.0. The van der Waals surface area contributed by atoms with E-state index in [4.69, 9.17) is 10.2 Å². The normalized spacial score (nSPS) is 11.4. The SMILES string of the molecule is C[Si](C)(C)C#Cc1cn2nc(-c3ccco3)nc2c(N)n1. The third kappa shape index (κ3) is 2.80. The van der Waals surface area contributed by atoms with E-state index in [-0.39, 0.29) is 0 Å². The number of nitrogens with zero attached hydrogens (tertiary/aromatic N) is 4. The molecule has 0 aliphatic rings. The highest BCUT2D eigenvalue weighted by atomic mass is 28.3. The summed E-state index contributed by atoms with van der Waals surface area (Å²) in [5, 5.41) is 4.36. The van der Waals surface area contributed by atoms with Gasteiger partial charge >= 0.3 is 0 Å². The zero-order valence-corrected chi connectivity index (χ0v) is 13.1. The highest BCUT2D eigenvalue weighted by molar-refractivity contribution is 6.83. The maximum Gasteiger partial charge on any atom is 0.218 e. The monoisotopic (exact) mass is 297 g/mol. The van der Waals surface area contributed by atoms with Crippen LogP contribution in [0.5, 0.6) is 0 Å². The number of nitrogens with two attached hydrogens (primary N) is 1. The molecule has 6 nitrogen and oxygen atoms in total. The number of hydrogen-bond donors (Lipinski definition) is 1. The first kappa shape index (κ1) is 13.4. The first-order valence-electron chi connectivity index (χ1n) is 6.52. The van der Waals surface area contributed by atoms with Crippen LogP contribution in [0.4, 0.5) is 5.82 Å². The Labute approximate surface area is 123 Å². The summed E-state index contributed by atoms with van der Waals surface area (Å²) in [4.78, 5) is 8.61. The van der Waals surface area contributed by atoms with E-state index in [2.05, 4.69) is 46.2 Å². The van der Waals surface area contributed by atoms with Gasteiger partial charge in [0.15, 0.2) is 17.2 Å². The van der Waals surface area contributed by atoms with E-state index in [1.54, 1.807) is 29.1 Å². The summed E-state index contributed by atoms with van der Waals surface area (Å²) in [7, 11) is -1.47. The highest BCUT2D eigenvalue weighted by Crippen LogP contribution is 2.18. The fourth-order valence-electron chi connectivity index (χ4n) is 1.73. The lowest BCUT2D eigenvalue weighted by Gasteiger charge is -2.03. The molecule has 0 aliphatic carbocycles. The molecule has 3 rings (SSSR count). The Bertz CT molecular complexity index is 849. The van der Waals surface area contributed by atoms with Crippen molar-refractivity contribution in [1.82, 2.24) is 19.6 Å². The van der Waals surface area contributed by atoms with Gasteiger partial charge < -0.3 is 10.2 Å². The predicted octanol–water partition coefficient (Wildman–Crippen LogP) is 2.20. The summed E-state index contributed by atoms with van der Waals surface area (Å²) >= 11 is 0. The minimum atomic E-state index is -1.47. The van der Waals surface area contributed by atoms with Gasteiger partial charge in [0.05, 0.1) is 12.5 Å². The lowest BCUT2D eigenvalue weighted by Crippen LogP contribution is -2.16. The maximum atomic E-state index is 5.94. The van der Waals surface area contributed by atoms with Gasteiger partial charge in [-0.1, -0.05) is 25.6 Å². The van der Waals surface area contributed by atoms with Crippen LogP contribution in [-0.2, 0) is 0 Å². The minimum Gasteiger partial charge on any atom is -0.461 e. The van der Waals surface area contributed by atoms with Crippen LogP contribution in [0.3, 0.4) is 0 Å². The van der Waals surface area contributed by atoms with Gasteiger partial charge in [-0.3, -0.25) is 0 Å². The molecule has 106 valence electrons. The van der Waals surface area contributed by atoms with Crippen molar-refractivity contribution in [2.24, 2.45) is 0 Å². The average Bonchev–Trinajstić information content (AvgIpc) is 3.04. The van der Waals surface area contributed by atoms with Gasteiger partial charge in [-0.15, -0.1) is 10.6 Å². The van der Waals surface area contributed by atoms with Gasteiger partial charge in [0, 0.05) is 0 Å². The van der Waals surface area contributed by atoms with Crippen molar-refractivity contribution in [1.29, 1.82) is 0 Å². The summed E-state index contributed by atoms with van der Waals surface area (Å²) < 4.78 is 6.88. The first-order valence-corrected chi connectivity index (χ1v) is 10.0. The van der Waals surface area contributed by atoms with Gasteiger partial charge in [0.25, 0.3) is 0 Å². The second kappa shape index (κ2) is 4.75. The second-order valence-corrected chi connectivity index (χ2v) is 10.4. The zero-order valence-electron chi connectivity index (χ0n) is 12.1. The number of rotatable bonds is 1. The fraction of sp³-hybridized carbons (Fsp3) is 0.214. The van der Waals surface area contributed by atoms with Crippen LogP contribution in [0.25, 0.3) is 17.2 Å². The Morgan fingerprint density at radius 2 is 2.10 bits per heavy atom. The predicted molar refractivity (Wildman–Crippen MR) is 83.1 cm³/mol. The fourth-order valence-corrected chi connectivity index (χ4v) is 2.24. The molecular weight excluding hydrogens is 282 g/mol. The summed E-state index contributed by atoms with van der Waals surface area (Å²) in [5.74, 6) is 4.44. The van der Waals surface area contributed by atoms with E-state index >= 15 is 0 Å². The van der Waals surface area contributed by atoms with E-state index in [1.165, 1.54) is 0 Å². The number of hydrogen-bond acceptors (Lipinski definition) is 5. The van der Waals surface area contributed by atoms with Crippen LogP contribution in [-0.4, -0.2) is 27.7 Å². The molecule has 21 heavy (non-hydrogen) atoms. The molecule has 0 saturated heterocycles. The molecule has 0 bridgehead atoms. The molecule has 3 aromatic rings. The van der Waals surface area contributed by atoms with Crippen LogP contribution in [0.1, 0.15) is 5.69 Å². The lowest BCUT2D eigenvalue weighted by atomic mass is 10.4. The van der Waals surface area contributed by atoms with Crippen molar-refractivity contribution >= 4 is 19.5 Å². The van der Waals surface area contributed by atoms with Gasteiger partial charge in [-0.2, -0.15) is 0 Å². The number of aromatic nitrogens is 4. The molecule has 0 spiro atoms. The smallest absolute Gasteiger partial charge is 0.218 e. The molecule has 0 saturated carbocycles. The highest BCUT2D eigenvalue weighted by Gasteiger charge is 2.13. The van der Waals surface area contributed by atoms with Crippen LogP contribution >= 0.6 is 0 Å². The molecule has 3 heterocycles. The van der Waals surface area contributed by atoms with Crippen molar-refractivity contribution in [3.05, 3.63) is 30.3 Å². The first-order chi connectivity index (χ1) is 9.92. The van der Waals surface area contributed by atoms with Gasteiger partial charge in [0.1, 0.15) is 13.8 Å². The topological polar surface area (TPSA) is 82.2 Å². The van der Waals surface area contributed by atoms with Crippen LogP contribution < -0.4 is 5.73 Å². The maximum absolute atomic E-state index is 5.94. The molecule has 7 heteroatoms. The Morgan fingerprint density at radius 3 is 2.76 bits per heavy atom. The summed E-state index contributed by atoms with van der Waals surface area (Å²) in [6.07, 6.45) is 3.31. The van der Waals surface area contributed by atoms with Gasteiger partial charge in [0.2, 0.25) is 5.82 Å². The van der Waals surface area contributed by atoms with Crippen molar-refractivity contribution in [2.45, 2.75) is 19.6 Å². The van der Waals surface area contributed by atoms with E-state index < -0.39 is 8.07 Å². The Morgan fingerprint density at radius 1 is 1.29 bits per heavy atom. The molecular formula is C14H15N5OSi. The molecule has 0 aromatic carbocycles. The van der Waals surface area contributed by atoms with E-state index in [0.717, 1.165) is 0 Å². The van der Waals surface area contributed by atoms with Gasteiger partial charge in [-0.25, -0.2) is 14.5 Å². The van der Waals surface area contributed by atoms with Crippen molar-refractivity contribution in [3.63, 3.8) is 0 Å². The Kier molecular flexibility index (Phi) is 3.03. The molecule has 0 atom stereocenters. The minimum absolute atomic E-state index is 0.308. The molecule has 0 amide bonds. The van der Waals surface area contributed by atoms with Crippen LogP contribution in [0.15, 0.2) is 29.0 Å². The number of fused-ring (bicyclic) bond motifs is 1. The molecule has 0 aliphatic heterocycles. The van der Waals surface area contributed by atoms with E-state index in [9.17, 15) is 0 Å². The Balaban J connectivity index is 2.09. The molecule has 2 N–H and O–H groups in total. The Hall–Kier alpha value is -2.59. The summed E-state index contributed by atoms with van der Waals surface area (Å²) in [5.41, 5.74) is 10.3. The van der Waals surface area contributed by atoms with Crippen molar-refractivity contribution in [3.8, 4) is 23.0 Å². The number of anilines is 1. The average molecular weight is 297 g/mol. The van der Waals surface area contributed by atoms with Crippen molar-refractivity contribution in [2.75, 3.05) is 5.73 Å². The standard InChI is InChI=1S/C14H15N5OSi/c1-21(2,3)8-6-10-9-19-14(12(15)16-10)17-13(18-19)11-5-4-7-20-11/h4-5,7,9H,1-3H3,(H2,15,16). The quantitative estimate of drug-likeness (QED) is 0.550. The van der Waals surface area contributed by atoms with E-state index in [0.29, 0.717) is 28.7 Å². The van der Waals surface area contributed by atoms with E-state index in [1.807, 2.05) is 0 Å². The third-order valence-electron chi connectivity index (χ3n) is 2.65. The number of nitrogen functional groups attached to an aromatic ring is 1. The number of furan rings is 1. The molecule has 0 radical (unpaired) electrons. The second-order valence-electron chi connectivity index (χ2n) is 5.69. The largest absolute Gasteiger partial charge is 0.461 e. The lowest BCUT2D eigenvalue weighted by molar-refractivity contribution is 0.577. The van der Waals surface area contributed by atoms with Gasteiger partial charge in [-0.05, 0) is 12.1 Å². The molecule has 3 aromatic heterocycles. The molecule has 0 fully saturated rings. The summed E-state index contributed by atoms with van der Waals surface area (Å²) in [6, 6.07) is 3.58. The molecule has 0 unspecified atom stereocenters.